The van der Waals surface area contributed by atoms with Crippen LogP contribution < -0.4 is 15.3 Å². The van der Waals surface area contributed by atoms with Crippen LogP contribution in [0.5, 0.6) is 0 Å². The van der Waals surface area contributed by atoms with Gasteiger partial charge in [-0.2, -0.15) is 0 Å². The molecule has 0 bridgehead atoms. The first-order chi connectivity index (χ1) is 11.4. The number of amides is 2. The van der Waals surface area contributed by atoms with Crippen LogP contribution in [0.3, 0.4) is 0 Å². The van der Waals surface area contributed by atoms with E-state index in [9.17, 15) is 9.59 Å². The molecule has 1 aromatic rings. The number of carbonyl (C=O) groups excluding carboxylic acids is 2. The zero-order valence-corrected chi connectivity index (χ0v) is 14.4. The Labute approximate surface area is 141 Å². The van der Waals surface area contributed by atoms with Crippen molar-refractivity contribution in [2.75, 3.05) is 49.5 Å². The van der Waals surface area contributed by atoms with Crippen molar-refractivity contribution in [1.82, 2.24) is 4.90 Å². The van der Waals surface area contributed by atoms with Gasteiger partial charge in [0.25, 0.3) is 0 Å². The van der Waals surface area contributed by atoms with Crippen molar-refractivity contribution in [3.8, 4) is 0 Å². The number of likely N-dealkylation sites (N-methyl/N-ethyl adjacent to an activating group) is 1. The highest BCUT2D eigenvalue weighted by Crippen LogP contribution is 2.34. The molecule has 1 atom stereocenters. The molecule has 0 aliphatic carbocycles. The summed E-state index contributed by atoms with van der Waals surface area (Å²) in [7, 11) is 5.41. The monoisotopic (exact) mass is 336 g/mol. The van der Waals surface area contributed by atoms with Gasteiger partial charge >= 0.3 is 6.09 Å². The van der Waals surface area contributed by atoms with Crippen molar-refractivity contribution in [2.24, 2.45) is 0 Å². The van der Waals surface area contributed by atoms with Crippen LogP contribution in [0.4, 0.5) is 21.9 Å². The summed E-state index contributed by atoms with van der Waals surface area (Å²) >= 11 is 0. The molecular formula is C16H24N4O4. The number of ether oxygens (including phenoxy) is 1. The number of hydrogen-bond donors (Lipinski definition) is 2. The largest absolute Gasteiger partial charge is 0.439 e. The van der Waals surface area contributed by atoms with Gasteiger partial charge in [-0.1, -0.05) is 6.92 Å². The topological polar surface area (TPSA) is 85.4 Å². The lowest BCUT2D eigenvalue weighted by Gasteiger charge is -2.32. The normalized spacial score (nSPS) is 19.9. The predicted octanol–water partition coefficient (Wildman–Crippen LogP) is 1.75. The minimum absolute atomic E-state index is 0.235. The van der Waals surface area contributed by atoms with Gasteiger partial charge in [0.1, 0.15) is 5.60 Å². The number of carbonyl (C=O) groups is 2. The standard InChI is InChI=1S/C16H24N4O4/c1-5-16(9-19(4)15(22)24-16)10-20(11-21)14-8-12(17-23)6-7-13(14)18(2)3/h6-8,11,17,23H,5,9-10H2,1-4H3. The van der Waals surface area contributed by atoms with Gasteiger partial charge in [-0.3, -0.25) is 15.5 Å². The quantitative estimate of drug-likeness (QED) is 0.583. The molecule has 8 heteroatoms. The van der Waals surface area contributed by atoms with E-state index in [-0.39, 0.29) is 12.6 Å². The summed E-state index contributed by atoms with van der Waals surface area (Å²) < 4.78 is 5.53. The second kappa shape index (κ2) is 6.96. The smallest absolute Gasteiger partial charge is 0.410 e. The fraction of sp³-hybridized carbons (Fsp3) is 0.500. The highest BCUT2D eigenvalue weighted by atomic mass is 16.6. The van der Waals surface area contributed by atoms with Gasteiger partial charge in [0.2, 0.25) is 6.41 Å². The van der Waals surface area contributed by atoms with Crippen LogP contribution >= 0.6 is 0 Å². The van der Waals surface area contributed by atoms with E-state index >= 15 is 0 Å². The number of nitrogens with zero attached hydrogens (tertiary/aromatic N) is 3. The molecule has 8 nitrogen and oxygen atoms in total. The van der Waals surface area contributed by atoms with Crippen LogP contribution in [-0.4, -0.2) is 62.4 Å². The molecule has 0 aromatic heterocycles. The second-order valence-electron chi connectivity index (χ2n) is 6.20. The lowest BCUT2D eigenvalue weighted by atomic mass is 9.99. The van der Waals surface area contributed by atoms with Crippen LogP contribution in [0, 0.1) is 0 Å². The van der Waals surface area contributed by atoms with Crippen LogP contribution in [-0.2, 0) is 9.53 Å². The predicted molar refractivity (Wildman–Crippen MR) is 91.7 cm³/mol. The molecule has 1 fully saturated rings. The molecule has 132 valence electrons. The summed E-state index contributed by atoms with van der Waals surface area (Å²) in [4.78, 5) is 28.4. The maximum Gasteiger partial charge on any atom is 0.410 e. The van der Waals surface area contributed by atoms with Gasteiger partial charge in [-0.15, -0.1) is 0 Å². The fourth-order valence-corrected chi connectivity index (χ4v) is 2.86. The Bertz CT molecular complexity index is 622. The average molecular weight is 336 g/mol. The van der Waals surface area contributed by atoms with Gasteiger partial charge in [-0.25, -0.2) is 4.79 Å². The highest BCUT2D eigenvalue weighted by Gasteiger charge is 2.44. The summed E-state index contributed by atoms with van der Waals surface area (Å²) in [6.07, 6.45) is 0.914. The Hall–Kier alpha value is -2.48. The first-order valence-corrected chi connectivity index (χ1v) is 7.73. The summed E-state index contributed by atoms with van der Waals surface area (Å²) in [5.41, 5.74) is 3.23. The zero-order chi connectivity index (χ0) is 17.9. The third kappa shape index (κ3) is 3.38. The molecule has 1 heterocycles. The molecule has 1 aliphatic heterocycles. The summed E-state index contributed by atoms with van der Waals surface area (Å²) in [6.45, 7) is 2.58. The Kier molecular flexibility index (Phi) is 5.18. The van der Waals surface area contributed by atoms with Crippen LogP contribution in [0.1, 0.15) is 13.3 Å². The van der Waals surface area contributed by atoms with E-state index < -0.39 is 5.60 Å². The summed E-state index contributed by atoms with van der Waals surface area (Å²) in [6, 6.07) is 5.18. The fourth-order valence-electron chi connectivity index (χ4n) is 2.86. The van der Waals surface area contributed by atoms with Gasteiger partial charge in [0, 0.05) is 21.1 Å². The lowest BCUT2D eigenvalue weighted by Crippen LogP contribution is -2.45. The van der Waals surface area contributed by atoms with E-state index in [1.54, 1.807) is 25.2 Å². The number of hydrogen-bond acceptors (Lipinski definition) is 6. The minimum Gasteiger partial charge on any atom is -0.439 e. The third-order valence-corrected chi connectivity index (χ3v) is 4.27. The number of anilines is 3. The first-order valence-electron chi connectivity index (χ1n) is 7.73. The minimum atomic E-state index is -0.751. The van der Waals surface area contributed by atoms with Crippen molar-refractivity contribution in [2.45, 2.75) is 18.9 Å². The van der Waals surface area contributed by atoms with E-state index in [4.69, 9.17) is 9.94 Å². The molecule has 1 saturated heterocycles. The van der Waals surface area contributed by atoms with Crippen LogP contribution in [0.2, 0.25) is 0 Å². The van der Waals surface area contributed by atoms with Gasteiger partial charge in [0.05, 0.1) is 30.2 Å². The van der Waals surface area contributed by atoms with Crippen molar-refractivity contribution >= 4 is 29.6 Å². The van der Waals surface area contributed by atoms with E-state index in [0.717, 1.165) is 5.69 Å². The van der Waals surface area contributed by atoms with Crippen LogP contribution in [0.15, 0.2) is 18.2 Å². The highest BCUT2D eigenvalue weighted by molar-refractivity contribution is 5.86. The third-order valence-electron chi connectivity index (χ3n) is 4.27. The molecule has 0 spiro atoms. The van der Waals surface area contributed by atoms with Crippen molar-refractivity contribution < 1.29 is 19.5 Å². The van der Waals surface area contributed by atoms with E-state index in [1.165, 1.54) is 9.80 Å². The molecule has 0 saturated carbocycles. The maximum atomic E-state index is 11.8. The molecule has 1 aromatic carbocycles. The zero-order valence-electron chi connectivity index (χ0n) is 14.4. The van der Waals surface area contributed by atoms with Crippen molar-refractivity contribution in [1.29, 1.82) is 0 Å². The number of cyclic esters (lactones) is 1. The molecule has 1 unspecified atom stereocenters. The molecule has 2 N–H and O–H groups in total. The number of benzene rings is 1. The van der Waals surface area contributed by atoms with E-state index in [1.807, 2.05) is 25.9 Å². The van der Waals surface area contributed by atoms with Crippen molar-refractivity contribution in [3.63, 3.8) is 0 Å². The Balaban J connectivity index is 2.38. The Morgan fingerprint density at radius 3 is 2.58 bits per heavy atom. The molecule has 2 amide bonds. The molecule has 1 aliphatic rings. The number of rotatable bonds is 7. The summed E-state index contributed by atoms with van der Waals surface area (Å²) in [5, 5.41) is 9.15. The molecule has 2 rings (SSSR count). The summed E-state index contributed by atoms with van der Waals surface area (Å²) in [5.74, 6) is 0. The van der Waals surface area contributed by atoms with E-state index in [2.05, 4.69) is 5.48 Å². The van der Waals surface area contributed by atoms with Crippen molar-refractivity contribution in [3.05, 3.63) is 18.2 Å². The maximum absolute atomic E-state index is 11.8. The van der Waals surface area contributed by atoms with Gasteiger partial charge < -0.3 is 19.4 Å². The van der Waals surface area contributed by atoms with Gasteiger partial charge in [-0.05, 0) is 24.6 Å². The van der Waals surface area contributed by atoms with Crippen LogP contribution in [0.25, 0.3) is 0 Å². The van der Waals surface area contributed by atoms with E-state index in [0.29, 0.717) is 30.8 Å². The second-order valence-corrected chi connectivity index (χ2v) is 6.20. The first kappa shape index (κ1) is 17.9. The van der Waals surface area contributed by atoms with Gasteiger partial charge in [0.15, 0.2) is 0 Å². The lowest BCUT2D eigenvalue weighted by molar-refractivity contribution is -0.108. The molecule has 24 heavy (non-hydrogen) atoms. The SMILES string of the molecule is CCC1(CN(C=O)c2cc(NO)ccc2N(C)C)CN(C)C(=O)O1. The Morgan fingerprint density at radius 2 is 2.12 bits per heavy atom. The molecular weight excluding hydrogens is 312 g/mol. The Morgan fingerprint density at radius 1 is 1.42 bits per heavy atom. The average Bonchev–Trinajstić information content (AvgIpc) is 2.86. The number of nitrogens with one attached hydrogen (secondary N) is 1. The molecule has 0 radical (unpaired) electrons.